The molecule has 5 N–H and O–H groups in total. The highest BCUT2D eigenvalue weighted by atomic mass is 32.2. The van der Waals surface area contributed by atoms with Crippen molar-refractivity contribution in [2.45, 2.75) is 37.6 Å². The monoisotopic (exact) mass is 474 g/mol. The standard InChI is InChI=1S/C21H26N6O5S/c22-18-15-19(25-11-24-18)27(12-26-15)20-17(29)16(28)14(32-20)10-33-8-4-7-23-21(30)31-9-13-5-2-1-3-6-13/h1-3,5-6,11-12,14,16-17,20,28-29H,4,7-10H2,(H,23,30)(H2,22,24,25)/t14-,16-,17-,20-/m1/s1. The number of hydrogen-bond donors (Lipinski definition) is 4. The number of aromatic nitrogens is 4. The summed E-state index contributed by atoms with van der Waals surface area (Å²) < 4.78 is 12.6. The number of anilines is 1. The van der Waals surface area contributed by atoms with Crippen molar-refractivity contribution >= 4 is 34.8 Å². The molecule has 1 aromatic carbocycles. The number of nitrogens with two attached hydrogens (primary N) is 1. The number of nitrogens with zero attached hydrogens (tertiary/aromatic N) is 4. The summed E-state index contributed by atoms with van der Waals surface area (Å²) in [7, 11) is 0. The van der Waals surface area contributed by atoms with Crippen molar-refractivity contribution in [1.82, 2.24) is 24.8 Å². The third-order valence-electron chi connectivity index (χ3n) is 5.23. The van der Waals surface area contributed by atoms with E-state index >= 15 is 0 Å². The fourth-order valence-corrected chi connectivity index (χ4v) is 4.51. The molecule has 1 aliphatic rings. The number of imidazole rings is 1. The van der Waals surface area contributed by atoms with Crippen molar-refractivity contribution in [3.8, 4) is 0 Å². The van der Waals surface area contributed by atoms with Crippen LogP contribution in [0.1, 0.15) is 18.2 Å². The number of aliphatic hydroxyl groups is 2. The van der Waals surface area contributed by atoms with E-state index in [-0.39, 0.29) is 12.4 Å². The minimum Gasteiger partial charge on any atom is -0.445 e. The average Bonchev–Trinajstić information content (AvgIpc) is 3.38. The highest BCUT2D eigenvalue weighted by Crippen LogP contribution is 2.33. The van der Waals surface area contributed by atoms with Gasteiger partial charge in [-0.3, -0.25) is 4.57 Å². The van der Waals surface area contributed by atoms with Gasteiger partial charge in [0.15, 0.2) is 17.7 Å². The van der Waals surface area contributed by atoms with Crippen LogP contribution in [-0.2, 0) is 16.1 Å². The lowest BCUT2D eigenvalue weighted by molar-refractivity contribution is -0.0289. The molecule has 0 unspecified atom stereocenters. The van der Waals surface area contributed by atoms with Crippen molar-refractivity contribution in [2.24, 2.45) is 0 Å². The summed E-state index contributed by atoms with van der Waals surface area (Å²) in [5.74, 6) is 1.46. The molecule has 0 saturated carbocycles. The van der Waals surface area contributed by atoms with Crippen LogP contribution >= 0.6 is 11.8 Å². The van der Waals surface area contributed by atoms with Crippen LogP contribution in [0.2, 0.25) is 0 Å². The van der Waals surface area contributed by atoms with Gasteiger partial charge in [0, 0.05) is 12.3 Å². The van der Waals surface area contributed by atoms with Gasteiger partial charge in [0.05, 0.1) is 12.4 Å². The Morgan fingerprint density at radius 2 is 2.03 bits per heavy atom. The molecule has 0 bridgehead atoms. The van der Waals surface area contributed by atoms with Gasteiger partial charge in [-0.25, -0.2) is 19.7 Å². The molecule has 2 aromatic heterocycles. The number of carbonyl (C=O) groups is 1. The number of carbonyl (C=O) groups excluding carboxylic acids is 1. The highest BCUT2D eigenvalue weighted by Gasteiger charge is 2.44. The Balaban J connectivity index is 1.17. The van der Waals surface area contributed by atoms with Crippen LogP contribution in [0.3, 0.4) is 0 Å². The molecule has 176 valence electrons. The summed E-state index contributed by atoms with van der Waals surface area (Å²) >= 11 is 1.56. The molecule has 33 heavy (non-hydrogen) atoms. The molecule has 12 heteroatoms. The van der Waals surface area contributed by atoms with Crippen molar-refractivity contribution in [2.75, 3.05) is 23.8 Å². The summed E-state index contributed by atoms with van der Waals surface area (Å²) in [6, 6.07) is 9.47. The predicted molar refractivity (Wildman–Crippen MR) is 122 cm³/mol. The first kappa shape index (κ1) is 23.2. The number of thioether (sulfide) groups is 1. The van der Waals surface area contributed by atoms with Gasteiger partial charge >= 0.3 is 6.09 Å². The van der Waals surface area contributed by atoms with E-state index in [4.69, 9.17) is 15.2 Å². The second kappa shape index (κ2) is 10.8. The third kappa shape index (κ3) is 5.53. The number of fused-ring (bicyclic) bond motifs is 1. The molecule has 3 aromatic rings. The van der Waals surface area contributed by atoms with Crippen LogP contribution in [0.5, 0.6) is 0 Å². The van der Waals surface area contributed by atoms with E-state index in [0.717, 1.165) is 17.7 Å². The smallest absolute Gasteiger partial charge is 0.407 e. The normalized spacial score (nSPS) is 22.5. The molecule has 1 saturated heterocycles. The summed E-state index contributed by atoms with van der Waals surface area (Å²) in [5.41, 5.74) is 7.58. The third-order valence-corrected chi connectivity index (χ3v) is 6.37. The second-order valence-electron chi connectivity index (χ2n) is 7.55. The molecule has 0 spiro atoms. The van der Waals surface area contributed by atoms with Crippen LogP contribution in [0.25, 0.3) is 11.2 Å². The Hall–Kier alpha value is -2.93. The number of ether oxygens (including phenoxy) is 2. The van der Waals surface area contributed by atoms with Crippen molar-refractivity contribution in [1.29, 1.82) is 0 Å². The number of rotatable bonds is 9. The van der Waals surface area contributed by atoms with Crippen LogP contribution in [-0.4, -0.2) is 72.2 Å². The van der Waals surface area contributed by atoms with Gasteiger partial charge in [-0.2, -0.15) is 11.8 Å². The Kier molecular flexibility index (Phi) is 7.60. The molecular formula is C21H26N6O5S. The summed E-state index contributed by atoms with van der Waals surface area (Å²) in [6.45, 7) is 0.703. The fraction of sp³-hybridized carbons (Fsp3) is 0.429. The van der Waals surface area contributed by atoms with Crippen LogP contribution in [0.4, 0.5) is 10.6 Å². The molecule has 0 aliphatic carbocycles. The lowest BCUT2D eigenvalue weighted by Crippen LogP contribution is -2.32. The van der Waals surface area contributed by atoms with Crippen molar-refractivity contribution in [3.05, 3.63) is 48.5 Å². The van der Waals surface area contributed by atoms with Crippen molar-refractivity contribution < 1.29 is 24.5 Å². The molecule has 4 atom stereocenters. The number of hydrogen-bond acceptors (Lipinski definition) is 10. The van der Waals surface area contributed by atoms with Crippen LogP contribution in [0, 0.1) is 0 Å². The maximum atomic E-state index is 11.8. The predicted octanol–water partition coefficient (Wildman–Crippen LogP) is 1.08. The Labute approximate surface area is 194 Å². The highest BCUT2D eigenvalue weighted by molar-refractivity contribution is 7.99. The fourth-order valence-electron chi connectivity index (χ4n) is 3.49. The Morgan fingerprint density at radius 3 is 2.85 bits per heavy atom. The van der Waals surface area contributed by atoms with Gasteiger partial charge in [0.25, 0.3) is 0 Å². The zero-order valence-electron chi connectivity index (χ0n) is 17.8. The Bertz CT molecular complexity index is 1070. The quantitative estimate of drug-likeness (QED) is 0.331. The lowest BCUT2D eigenvalue weighted by atomic mass is 10.1. The summed E-state index contributed by atoms with van der Waals surface area (Å²) in [5, 5.41) is 23.6. The van der Waals surface area contributed by atoms with Gasteiger partial charge in [0.2, 0.25) is 0 Å². The second-order valence-corrected chi connectivity index (χ2v) is 8.70. The van der Waals surface area contributed by atoms with Gasteiger partial charge in [-0.1, -0.05) is 30.3 Å². The molecule has 1 amide bonds. The van der Waals surface area contributed by atoms with Crippen molar-refractivity contribution in [3.63, 3.8) is 0 Å². The molecule has 1 aliphatic heterocycles. The number of aliphatic hydroxyl groups excluding tert-OH is 2. The first-order chi connectivity index (χ1) is 16.0. The van der Waals surface area contributed by atoms with Gasteiger partial charge in [0.1, 0.15) is 30.7 Å². The van der Waals surface area contributed by atoms with Crippen LogP contribution < -0.4 is 11.1 Å². The molecule has 1 fully saturated rings. The topological polar surface area (TPSA) is 158 Å². The molecule has 11 nitrogen and oxygen atoms in total. The number of benzene rings is 1. The summed E-state index contributed by atoms with van der Waals surface area (Å²) in [6.07, 6.45) is -0.526. The number of nitrogen functional groups attached to an aromatic ring is 1. The minimum absolute atomic E-state index is 0.229. The average molecular weight is 475 g/mol. The molecule has 0 radical (unpaired) electrons. The first-order valence-electron chi connectivity index (χ1n) is 10.5. The molecule has 4 rings (SSSR count). The Morgan fingerprint density at radius 1 is 1.21 bits per heavy atom. The van der Waals surface area contributed by atoms with E-state index in [0.29, 0.717) is 23.5 Å². The number of amides is 1. The van der Waals surface area contributed by atoms with Gasteiger partial charge in [-0.15, -0.1) is 0 Å². The number of alkyl carbamates (subject to hydrolysis) is 1. The van der Waals surface area contributed by atoms with E-state index in [1.54, 1.807) is 16.3 Å². The van der Waals surface area contributed by atoms with Gasteiger partial charge in [-0.05, 0) is 17.7 Å². The first-order valence-corrected chi connectivity index (χ1v) is 11.7. The number of nitrogens with one attached hydrogen (secondary N) is 1. The maximum absolute atomic E-state index is 11.8. The van der Waals surface area contributed by atoms with E-state index < -0.39 is 30.6 Å². The van der Waals surface area contributed by atoms with E-state index in [1.807, 2.05) is 30.3 Å². The SMILES string of the molecule is Nc1ncnc2c1ncn2[C@@H]1O[C@H](CSCCCNC(=O)OCc2ccccc2)[C@@H](O)[C@H]1O. The van der Waals surface area contributed by atoms with Gasteiger partial charge < -0.3 is 30.7 Å². The zero-order chi connectivity index (χ0) is 23.2. The maximum Gasteiger partial charge on any atom is 0.407 e. The molecular weight excluding hydrogens is 448 g/mol. The minimum atomic E-state index is -1.13. The molecule has 3 heterocycles. The lowest BCUT2D eigenvalue weighted by Gasteiger charge is -2.16. The largest absolute Gasteiger partial charge is 0.445 e. The zero-order valence-corrected chi connectivity index (χ0v) is 18.6. The van der Waals surface area contributed by atoms with E-state index in [9.17, 15) is 15.0 Å². The van der Waals surface area contributed by atoms with E-state index in [2.05, 4.69) is 20.3 Å². The van der Waals surface area contributed by atoms with Crippen LogP contribution in [0.15, 0.2) is 43.0 Å². The summed E-state index contributed by atoms with van der Waals surface area (Å²) in [4.78, 5) is 24.0. The van der Waals surface area contributed by atoms with E-state index in [1.165, 1.54) is 12.7 Å².